The number of nitrogens with zero attached hydrogens (tertiary/aromatic N) is 1. The van der Waals surface area contributed by atoms with Crippen molar-refractivity contribution in [3.63, 3.8) is 0 Å². The molecule has 0 aliphatic carbocycles. The van der Waals surface area contributed by atoms with Crippen molar-refractivity contribution in [3.8, 4) is 11.5 Å². The number of benzene rings is 2. The first-order valence-corrected chi connectivity index (χ1v) is 9.90. The highest BCUT2D eigenvalue weighted by Crippen LogP contribution is 2.26. The predicted molar refractivity (Wildman–Crippen MR) is 103 cm³/mol. The van der Waals surface area contributed by atoms with Gasteiger partial charge in [-0.1, -0.05) is 32.0 Å². The van der Waals surface area contributed by atoms with Gasteiger partial charge in [-0.25, -0.2) is 13.9 Å². The first-order chi connectivity index (χ1) is 12.7. The Labute approximate surface area is 160 Å². The largest absolute Gasteiger partial charge is 0.457 e. The lowest BCUT2D eigenvalue weighted by atomic mass is 10.1. The standard InChI is InChI=1S/C17H20N2O5S.C2H6/c1-17(2,16(20)18-21)19(3)25(22,23)15-11-9-14(10-12-15)24-13-7-5-4-6-8-13;1-2/h4-12,21H,1-3H3,(H,18,20);1-2H3. The maximum absolute atomic E-state index is 12.7. The van der Waals surface area contributed by atoms with Crippen LogP contribution >= 0.6 is 0 Å². The first-order valence-electron chi connectivity index (χ1n) is 8.46. The zero-order valence-electron chi connectivity index (χ0n) is 16.1. The maximum atomic E-state index is 12.7. The number of hydrogen-bond donors (Lipinski definition) is 2. The number of likely N-dealkylation sites (N-methyl/N-ethyl adjacent to an activating group) is 1. The van der Waals surface area contributed by atoms with Crippen molar-refractivity contribution >= 4 is 15.9 Å². The van der Waals surface area contributed by atoms with Crippen LogP contribution in [-0.4, -0.2) is 36.4 Å². The quantitative estimate of drug-likeness (QED) is 0.578. The Balaban J connectivity index is 0.00000176. The molecule has 7 nitrogen and oxygen atoms in total. The van der Waals surface area contributed by atoms with Crippen molar-refractivity contribution < 1.29 is 23.2 Å². The van der Waals surface area contributed by atoms with Crippen LogP contribution in [0.25, 0.3) is 0 Å². The van der Waals surface area contributed by atoms with Crippen LogP contribution in [-0.2, 0) is 14.8 Å². The van der Waals surface area contributed by atoms with Crippen LogP contribution in [0.2, 0.25) is 0 Å². The molecule has 0 atom stereocenters. The molecule has 0 fully saturated rings. The molecular weight excluding hydrogens is 368 g/mol. The molecule has 1 amide bonds. The molecule has 0 saturated heterocycles. The Morgan fingerprint density at radius 1 is 1.00 bits per heavy atom. The average molecular weight is 394 g/mol. The third-order valence-corrected chi connectivity index (χ3v) is 5.95. The minimum atomic E-state index is -3.94. The minimum absolute atomic E-state index is 0.00854. The molecule has 0 aliphatic heterocycles. The maximum Gasteiger partial charge on any atom is 0.264 e. The van der Waals surface area contributed by atoms with E-state index in [1.807, 2.05) is 32.0 Å². The summed E-state index contributed by atoms with van der Waals surface area (Å²) >= 11 is 0. The number of carbonyl (C=O) groups is 1. The summed E-state index contributed by atoms with van der Waals surface area (Å²) in [7, 11) is -2.66. The molecule has 0 heterocycles. The van der Waals surface area contributed by atoms with Gasteiger partial charge in [-0.2, -0.15) is 4.31 Å². The van der Waals surface area contributed by atoms with E-state index in [0.29, 0.717) is 11.5 Å². The van der Waals surface area contributed by atoms with E-state index in [9.17, 15) is 13.2 Å². The van der Waals surface area contributed by atoms with Crippen molar-refractivity contribution in [1.29, 1.82) is 0 Å². The van der Waals surface area contributed by atoms with Gasteiger partial charge >= 0.3 is 0 Å². The van der Waals surface area contributed by atoms with Crippen LogP contribution < -0.4 is 10.2 Å². The highest BCUT2D eigenvalue weighted by molar-refractivity contribution is 7.89. The SMILES string of the molecule is CC.CN(C(C)(C)C(=O)NO)S(=O)(=O)c1ccc(Oc2ccccc2)cc1. The number of hydroxylamine groups is 1. The number of amides is 1. The molecule has 0 radical (unpaired) electrons. The van der Waals surface area contributed by atoms with Gasteiger partial charge in [0, 0.05) is 7.05 Å². The Kier molecular flexibility index (Phi) is 7.96. The molecule has 0 spiro atoms. The third kappa shape index (κ3) is 5.29. The molecule has 0 unspecified atom stereocenters. The summed E-state index contributed by atoms with van der Waals surface area (Å²) in [5.41, 5.74) is 0.0156. The van der Waals surface area contributed by atoms with Gasteiger partial charge < -0.3 is 4.74 Å². The van der Waals surface area contributed by atoms with Crippen LogP contribution in [0.1, 0.15) is 27.7 Å². The topological polar surface area (TPSA) is 95.9 Å². The normalized spacial score (nSPS) is 11.4. The van der Waals surface area contributed by atoms with Crippen molar-refractivity contribution in [2.24, 2.45) is 0 Å². The second kappa shape index (κ2) is 9.50. The Morgan fingerprint density at radius 2 is 1.48 bits per heavy atom. The molecular formula is C19H26N2O5S. The molecule has 148 valence electrons. The zero-order chi connectivity index (χ0) is 20.7. The highest BCUT2D eigenvalue weighted by atomic mass is 32.2. The van der Waals surface area contributed by atoms with Gasteiger partial charge in [-0.05, 0) is 50.2 Å². The fourth-order valence-corrected chi connectivity index (χ4v) is 3.52. The van der Waals surface area contributed by atoms with Gasteiger partial charge in [0.25, 0.3) is 5.91 Å². The Bertz CT molecular complexity index is 834. The minimum Gasteiger partial charge on any atom is -0.457 e. The van der Waals surface area contributed by atoms with E-state index in [-0.39, 0.29) is 4.90 Å². The van der Waals surface area contributed by atoms with Crippen molar-refractivity contribution in [3.05, 3.63) is 54.6 Å². The molecule has 0 aromatic heterocycles. The molecule has 8 heteroatoms. The van der Waals surface area contributed by atoms with Gasteiger partial charge in [-0.15, -0.1) is 0 Å². The van der Waals surface area contributed by atoms with Crippen molar-refractivity contribution in [2.75, 3.05) is 7.05 Å². The Hall–Kier alpha value is -2.42. The van der Waals surface area contributed by atoms with E-state index in [0.717, 1.165) is 4.31 Å². The predicted octanol–water partition coefficient (Wildman–Crippen LogP) is 3.41. The number of ether oxygens (including phenoxy) is 1. The lowest BCUT2D eigenvalue weighted by molar-refractivity contribution is -0.137. The molecule has 0 saturated carbocycles. The van der Waals surface area contributed by atoms with Gasteiger partial charge in [-0.3, -0.25) is 10.0 Å². The summed E-state index contributed by atoms with van der Waals surface area (Å²) in [5.74, 6) is 0.291. The summed E-state index contributed by atoms with van der Waals surface area (Å²) in [6.07, 6.45) is 0. The molecule has 27 heavy (non-hydrogen) atoms. The number of sulfonamides is 1. The number of nitrogens with one attached hydrogen (secondary N) is 1. The van der Waals surface area contributed by atoms with Gasteiger partial charge in [0.05, 0.1) is 4.90 Å². The number of para-hydroxylation sites is 1. The summed E-state index contributed by atoms with van der Waals surface area (Å²) in [4.78, 5) is 11.7. The molecule has 0 bridgehead atoms. The average Bonchev–Trinajstić information content (AvgIpc) is 2.69. The van der Waals surface area contributed by atoms with Gasteiger partial charge in [0.15, 0.2) is 0 Å². The van der Waals surface area contributed by atoms with E-state index >= 15 is 0 Å². The summed E-state index contributed by atoms with van der Waals surface area (Å²) < 4.78 is 31.9. The molecule has 0 aliphatic rings. The van der Waals surface area contributed by atoms with Crippen LogP contribution in [0, 0.1) is 0 Å². The zero-order valence-corrected chi connectivity index (χ0v) is 16.9. The number of rotatable bonds is 6. The second-order valence-corrected chi connectivity index (χ2v) is 7.83. The van der Waals surface area contributed by atoms with Crippen LogP contribution in [0.15, 0.2) is 59.5 Å². The second-order valence-electron chi connectivity index (χ2n) is 5.86. The fourth-order valence-electron chi connectivity index (χ4n) is 2.04. The van der Waals surface area contributed by atoms with Crippen molar-refractivity contribution in [2.45, 2.75) is 38.1 Å². The molecule has 2 aromatic carbocycles. The fraction of sp³-hybridized carbons (Fsp3) is 0.316. The lowest BCUT2D eigenvalue weighted by Gasteiger charge is -2.32. The summed E-state index contributed by atoms with van der Waals surface area (Å²) in [6, 6.07) is 15.0. The van der Waals surface area contributed by atoms with Gasteiger partial charge in [0.2, 0.25) is 10.0 Å². The summed E-state index contributed by atoms with van der Waals surface area (Å²) in [5, 5.41) is 8.79. The molecule has 2 aromatic rings. The van der Waals surface area contributed by atoms with Crippen LogP contribution in [0.5, 0.6) is 11.5 Å². The summed E-state index contributed by atoms with van der Waals surface area (Å²) in [6.45, 7) is 6.78. The third-order valence-electron chi connectivity index (χ3n) is 3.91. The Morgan fingerprint density at radius 3 is 1.96 bits per heavy atom. The van der Waals surface area contributed by atoms with E-state index in [4.69, 9.17) is 9.94 Å². The molecule has 2 rings (SSSR count). The van der Waals surface area contributed by atoms with E-state index in [1.54, 1.807) is 12.1 Å². The first kappa shape index (κ1) is 22.6. The number of carbonyl (C=O) groups excluding carboxylic acids is 1. The number of hydrogen-bond acceptors (Lipinski definition) is 5. The van der Waals surface area contributed by atoms with Crippen LogP contribution in [0.4, 0.5) is 0 Å². The van der Waals surface area contributed by atoms with Crippen molar-refractivity contribution in [1.82, 2.24) is 9.79 Å². The van der Waals surface area contributed by atoms with Gasteiger partial charge in [0.1, 0.15) is 17.0 Å². The van der Waals surface area contributed by atoms with E-state index in [1.165, 1.54) is 50.6 Å². The smallest absolute Gasteiger partial charge is 0.264 e. The molecule has 2 N–H and O–H groups in total. The van der Waals surface area contributed by atoms with E-state index < -0.39 is 21.5 Å². The monoisotopic (exact) mass is 394 g/mol. The van der Waals surface area contributed by atoms with Crippen LogP contribution in [0.3, 0.4) is 0 Å². The van der Waals surface area contributed by atoms with E-state index in [2.05, 4.69) is 0 Å². The lowest BCUT2D eigenvalue weighted by Crippen LogP contribution is -2.54. The highest BCUT2D eigenvalue weighted by Gasteiger charge is 2.39.